The summed E-state index contributed by atoms with van der Waals surface area (Å²) >= 11 is 0. The molecule has 0 saturated heterocycles. The number of aromatic nitrogens is 1. The van der Waals surface area contributed by atoms with Crippen LogP contribution in [0.1, 0.15) is 33.7 Å². The number of carboxylic acid groups (broad SMARTS) is 1. The SMILES string of the molecule is Cn1c(CC(=O)O)ccc1C(=O)c1ccc(C2=CCC([N+](=O)[O-])C=C2)cc1. The Labute approximate surface area is 155 Å². The topological polar surface area (TPSA) is 102 Å². The highest BCUT2D eigenvalue weighted by molar-refractivity contribution is 6.08. The molecule has 0 aliphatic heterocycles. The maximum atomic E-state index is 12.7. The fourth-order valence-corrected chi connectivity index (χ4v) is 3.06. The second-order valence-corrected chi connectivity index (χ2v) is 6.35. The van der Waals surface area contributed by atoms with Gasteiger partial charge in [-0.2, -0.15) is 0 Å². The fraction of sp³-hybridized carbons (Fsp3) is 0.200. The van der Waals surface area contributed by atoms with Crippen LogP contribution in [0.3, 0.4) is 0 Å². The Morgan fingerprint density at radius 2 is 1.93 bits per heavy atom. The molecule has 1 unspecified atom stereocenters. The third kappa shape index (κ3) is 3.87. The smallest absolute Gasteiger partial charge is 0.309 e. The zero-order valence-electron chi connectivity index (χ0n) is 14.7. The quantitative estimate of drug-likeness (QED) is 0.481. The third-order valence-corrected chi connectivity index (χ3v) is 4.62. The Morgan fingerprint density at radius 1 is 1.22 bits per heavy atom. The van der Waals surface area contributed by atoms with E-state index in [0.29, 0.717) is 23.4 Å². The van der Waals surface area contributed by atoms with Crippen LogP contribution >= 0.6 is 0 Å². The van der Waals surface area contributed by atoms with Crippen molar-refractivity contribution in [1.29, 1.82) is 0 Å². The number of nitro groups is 1. The van der Waals surface area contributed by atoms with E-state index in [1.807, 2.05) is 6.08 Å². The lowest BCUT2D eigenvalue weighted by atomic mass is 9.96. The molecule has 0 bridgehead atoms. The largest absolute Gasteiger partial charge is 0.481 e. The maximum Gasteiger partial charge on any atom is 0.309 e. The van der Waals surface area contributed by atoms with Gasteiger partial charge in [-0.1, -0.05) is 36.4 Å². The van der Waals surface area contributed by atoms with Crippen molar-refractivity contribution in [2.24, 2.45) is 7.05 Å². The molecule has 7 heteroatoms. The van der Waals surface area contributed by atoms with Crippen molar-refractivity contribution in [3.8, 4) is 0 Å². The van der Waals surface area contributed by atoms with Crippen molar-refractivity contribution >= 4 is 17.3 Å². The molecule has 1 aromatic heterocycles. The lowest BCUT2D eigenvalue weighted by Crippen LogP contribution is -2.17. The molecule has 7 nitrogen and oxygen atoms in total. The Morgan fingerprint density at radius 3 is 2.48 bits per heavy atom. The van der Waals surface area contributed by atoms with Crippen molar-refractivity contribution in [3.63, 3.8) is 0 Å². The van der Waals surface area contributed by atoms with Crippen LogP contribution in [0.15, 0.2) is 54.6 Å². The molecule has 1 aliphatic carbocycles. The third-order valence-electron chi connectivity index (χ3n) is 4.62. The van der Waals surface area contributed by atoms with Crippen LogP contribution in [0.5, 0.6) is 0 Å². The van der Waals surface area contributed by atoms with Crippen LogP contribution in [-0.4, -0.2) is 32.4 Å². The van der Waals surface area contributed by atoms with E-state index >= 15 is 0 Å². The molecule has 1 aromatic carbocycles. The predicted octanol–water partition coefficient (Wildman–Crippen LogP) is 2.87. The van der Waals surface area contributed by atoms with Gasteiger partial charge in [0.05, 0.1) is 12.1 Å². The Hall–Kier alpha value is -3.48. The minimum atomic E-state index is -0.951. The summed E-state index contributed by atoms with van der Waals surface area (Å²) in [6, 6.07) is 9.59. The first kappa shape index (κ1) is 18.3. The lowest BCUT2D eigenvalue weighted by molar-refractivity contribution is -0.508. The van der Waals surface area contributed by atoms with E-state index in [1.165, 1.54) is 0 Å². The molecule has 0 saturated carbocycles. The number of carbonyl (C=O) groups is 2. The van der Waals surface area contributed by atoms with Gasteiger partial charge in [0.2, 0.25) is 11.8 Å². The van der Waals surface area contributed by atoms with Gasteiger partial charge in [0.25, 0.3) is 0 Å². The van der Waals surface area contributed by atoms with Gasteiger partial charge in [0.1, 0.15) is 0 Å². The van der Waals surface area contributed by atoms with Crippen LogP contribution in [0.4, 0.5) is 0 Å². The lowest BCUT2D eigenvalue weighted by Gasteiger charge is -2.11. The highest BCUT2D eigenvalue weighted by Gasteiger charge is 2.19. The zero-order valence-corrected chi connectivity index (χ0v) is 14.7. The molecule has 0 spiro atoms. The van der Waals surface area contributed by atoms with Crippen LogP contribution in [-0.2, 0) is 18.3 Å². The maximum absolute atomic E-state index is 12.7. The number of hydrogen-bond acceptors (Lipinski definition) is 4. The molecule has 1 atom stereocenters. The molecule has 1 heterocycles. The Balaban J connectivity index is 1.77. The number of carbonyl (C=O) groups excluding carboxylic acids is 1. The number of nitrogens with zero attached hydrogens (tertiary/aromatic N) is 2. The number of aliphatic carboxylic acids is 1. The molecule has 2 aromatic rings. The molecule has 138 valence electrons. The van der Waals surface area contributed by atoms with Gasteiger partial charge in [-0.05, 0) is 29.3 Å². The van der Waals surface area contributed by atoms with E-state index in [9.17, 15) is 19.7 Å². The number of allylic oxidation sites excluding steroid dienone is 2. The first-order valence-electron chi connectivity index (χ1n) is 8.40. The summed E-state index contributed by atoms with van der Waals surface area (Å²) in [6.07, 6.45) is 5.31. The van der Waals surface area contributed by atoms with Crippen molar-refractivity contribution < 1.29 is 19.6 Å². The Kier molecular flexibility index (Phi) is 5.03. The average molecular weight is 366 g/mol. The van der Waals surface area contributed by atoms with Crippen LogP contribution < -0.4 is 0 Å². The number of carboxylic acids is 1. The summed E-state index contributed by atoms with van der Waals surface area (Å²) in [5.41, 5.74) is 3.23. The molecule has 1 N–H and O–H groups in total. The van der Waals surface area contributed by atoms with Gasteiger partial charge in [-0.15, -0.1) is 0 Å². The molecule has 0 amide bonds. The molecule has 0 fully saturated rings. The number of hydrogen-bond donors (Lipinski definition) is 1. The van der Waals surface area contributed by atoms with Crippen molar-refractivity contribution in [2.45, 2.75) is 18.9 Å². The van der Waals surface area contributed by atoms with Gasteiger partial charge >= 0.3 is 5.97 Å². The first-order valence-corrected chi connectivity index (χ1v) is 8.40. The molecule has 27 heavy (non-hydrogen) atoms. The van der Waals surface area contributed by atoms with Gasteiger partial charge in [0.15, 0.2) is 0 Å². The van der Waals surface area contributed by atoms with E-state index in [4.69, 9.17) is 5.11 Å². The van der Waals surface area contributed by atoms with Crippen LogP contribution in [0.2, 0.25) is 0 Å². The van der Waals surface area contributed by atoms with Crippen molar-refractivity contribution in [3.05, 3.63) is 87.3 Å². The minimum absolute atomic E-state index is 0.144. The van der Waals surface area contributed by atoms with Gasteiger partial charge in [0, 0.05) is 29.6 Å². The van der Waals surface area contributed by atoms with E-state index in [2.05, 4.69) is 0 Å². The zero-order chi connectivity index (χ0) is 19.6. The summed E-state index contributed by atoms with van der Waals surface area (Å²) < 4.78 is 1.59. The molecular formula is C20H18N2O5. The average Bonchev–Trinajstić information content (AvgIpc) is 3.01. The molecule has 3 rings (SSSR count). The predicted molar refractivity (Wildman–Crippen MR) is 99.1 cm³/mol. The second kappa shape index (κ2) is 7.41. The van der Waals surface area contributed by atoms with Crippen molar-refractivity contribution in [2.75, 3.05) is 0 Å². The molecular weight excluding hydrogens is 348 g/mol. The summed E-state index contributed by atoms with van der Waals surface area (Å²) in [5.74, 6) is -1.14. The normalized spacial score (nSPS) is 16.0. The van der Waals surface area contributed by atoms with Gasteiger partial charge in [-0.3, -0.25) is 19.7 Å². The number of ketones is 1. The van der Waals surface area contributed by atoms with E-state index in [-0.39, 0.29) is 17.1 Å². The first-order chi connectivity index (χ1) is 12.9. The number of benzene rings is 1. The highest BCUT2D eigenvalue weighted by atomic mass is 16.6. The summed E-state index contributed by atoms with van der Waals surface area (Å²) in [5, 5.41) is 19.7. The standard InChI is InChI=1S/C20H18N2O5/c1-21-17(12-19(23)24)10-11-18(21)20(25)15-4-2-13(3-5-15)14-6-8-16(9-7-14)22(26)27/h2-8,10-11,16H,9,12H2,1H3,(H,23,24). The fourth-order valence-electron chi connectivity index (χ4n) is 3.06. The molecule has 0 radical (unpaired) electrons. The van der Waals surface area contributed by atoms with E-state index < -0.39 is 12.0 Å². The van der Waals surface area contributed by atoms with Gasteiger partial charge in [-0.25, -0.2) is 0 Å². The van der Waals surface area contributed by atoms with Crippen molar-refractivity contribution in [1.82, 2.24) is 4.57 Å². The molecule has 1 aliphatic rings. The monoisotopic (exact) mass is 366 g/mol. The summed E-state index contributed by atoms with van der Waals surface area (Å²) in [6.45, 7) is 0. The number of rotatable bonds is 6. The summed E-state index contributed by atoms with van der Waals surface area (Å²) in [4.78, 5) is 34.0. The van der Waals surface area contributed by atoms with E-state index in [0.717, 1.165) is 11.1 Å². The van der Waals surface area contributed by atoms with Gasteiger partial charge < -0.3 is 9.67 Å². The Bertz CT molecular complexity index is 967. The van der Waals surface area contributed by atoms with Crippen LogP contribution in [0.25, 0.3) is 5.57 Å². The second-order valence-electron chi connectivity index (χ2n) is 6.35. The minimum Gasteiger partial charge on any atom is -0.481 e. The summed E-state index contributed by atoms with van der Waals surface area (Å²) in [7, 11) is 1.67. The van der Waals surface area contributed by atoms with E-state index in [1.54, 1.807) is 60.2 Å². The van der Waals surface area contributed by atoms with Crippen LogP contribution in [0, 0.1) is 10.1 Å². The highest BCUT2D eigenvalue weighted by Crippen LogP contribution is 2.23.